The smallest absolute Gasteiger partial charge is 0.267 e. The molecule has 1 aliphatic heterocycles. The SMILES string of the molecule is O=C(C=Cc1ccc2c(c1)CCC2N(CCc1c[nH]c2ccccc12)Cc1cccc(S(=O)(=O)NCCN2CCOCC2)c1)NO. The van der Waals surface area contributed by atoms with Gasteiger partial charge in [-0.1, -0.05) is 48.5 Å². The number of aromatic amines is 1. The monoisotopic (exact) mass is 643 g/mol. The predicted molar refractivity (Wildman–Crippen MR) is 178 cm³/mol. The maximum atomic E-state index is 13.3. The molecule has 0 saturated carbocycles. The number of ether oxygens (including phenoxy) is 1. The molecule has 1 unspecified atom stereocenters. The van der Waals surface area contributed by atoms with Crippen LogP contribution in [0.25, 0.3) is 17.0 Å². The number of fused-ring (bicyclic) bond motifs is 2. The molecule has 4 aromatic rings. The number of para-hydroxylation sites is 1. The Bertz CT molecular complexity index is 1800. The van der Waals surface area contributed by atoms with Gasteiger partial charge in [-0.15, -0.1) is 0 Å². The first-order chi connectivity index (χ1) is 22.4. The summed E-state index contributed by atoms with van der Waals surface area (Å²) in [5, 5.41) is 10.0. The highest BCUT2D eigenvalue weighted by Crippen LogP contribution is 2.38. The molecule has 1 saturated heterocycles. The Morgan fingerprint density at radius 2 is 1.93 bits per heavy atom. The summed E-state index contributed by atoms with van der Waals surface area (Å²) in [4.78, 5) is 19.8. The number of aryl methyl sites for hydroxylation is 1. The maximum absolute atomic E-state index is 13.3. The van der Waals surface area contributed by atoms with Crippen molar-refractivity contribution in [3.8, 4) is 0 Å². The first-order valence-corrected chi connectivity index (χ1v) is 17.3. The van der Waals surface area contributed by atoms with Crippen molar-refractivity contribution in [3.63, 3.8) is 0 Å². The number of carbonyl (C=O) groups is 1. The van der Waals surface area contributed by atoms with Crippen LogP contribution in [0.5, 0.6) is 0 Å². The number of sulfonamides is 1. The number of nitrogens with zero attached hydrogens (tertiary/aromatic N) is 2. The van der Waals surface area contributed by atoms with Crippen LogP contribution in [0.4, 0.5) is 0 Å². The molecule has 0 radical (unpaired) electrons. The van der Waals surface area contributed by atoms with Crippen LogP contribution in [0.3, 0.4) is 0 Å². The number of hydrogen-bond donors (Lipinski definition) is 4. The molecule has 46 heavy (non-hydrogen) atoms. The lowest BCUT2D eigenvalue weighted by Crippen LogP contribution is -2.41. The average molecular weight is 644 g/mol. The standard InChI is InChI=1S/C35H41N5O5S/c41-35(38-42)13-9-26-8-11-32-28(22-26)10-12-34(32)40(16-14-29-24-36-33-7-2-1-6-31(29)33)25-27-4-3-5-30(23-27)46(43,44)37-15-17-39-18-20-45-21-19-39/h1-9,11,13,22-24,34,36-37,42H,10,12,14-21,25H2,(H,38,41). The van der Waals surface area contributed by atoms with Gasteiger partial charge in [-0.2, -0.15) is 0 Å². The van der Waals surface area contributed by atoms with Crippen LogP contribution in [0.1, 0.15) is 40.3 Å². The summed E-state index contributed by atoms with van der Waals surface area (Å²) in [5.74, 6) is -0.571. The highest BCUT2D eigenvalue weighted by molar-refractivity contribution is 7.89. The van der Waals surface area contributed by atoms with Crippen LogP contribution in [0.2, 0.25) is 0 Å². The molecule has 0 bridgehead atoms. The van der Waals surface area contributed by atoms with Crippen LogP contribution >= 0.6 is 0 Å². The second-order valence-corrected chi connectivity index (χ2v) is 13.7. The number of H-pyrrole nitrogens is 1. The number of nitrogens with one attached hydrogen (secondary N) is 3. The average Bonchev–Trinajstić information content (AvgIpc) is 3.70. The topological polar surface area (TPSA) is 127 Å². The molecule has 1 aliphatic carbocycles. The molecule has 6 rings (SSSR count). The molecular formula is C35H41N5O5S. The minimum atomic E-state index is -3.66. The lowest BCUT2D eigenvalue weighted by Gasteiger charge is -2.30. The molecule has 11 heteroatoms. The molecule has 2 aliphatic rings. The van der Waals surface area contributed by atoms with Crippen LogP contribution in [0, 0.1) is 0 Å². The van der Waals surface area contributed by atoms with E-state index in [1.165, 1.54) is 28.2 Å². The molecular weight excluding hydrogens is 602 g/mol. The summed E-state index contributed by atoms with van der Waals surface area (Å²) in [6.07, 6.45) is 7.76. The van der Waals surface area contributed by atoms with E-state index in [0.29, 0.717) is 32.8 Å². The molecule has 10 nitrogen and oxygen atoms in total. The quantitative estimate of drug-likeness (QED) is 0.0985. The van der Waals surface area contributed by atoms with Crippen LogP contribution < -0.4 is 10.2 Å². The molecule has 1 atom stereocenters. The summed E-state index contributed by atoms with van der Waals surface area (Å²) in [6, 6.07) is 22.0. The fraction of sp³-hybridized carbons (Fsp3) is 0.343. The van der Waals surface area contributed by atoms with Crippen molar-refractivity contribution >= 4 is 32.9 Å². The Labute approximate surface area is 270 Å². The Kier molecular flexibility index (Phi) is 10.3. The fourth-order valence-corrected chi connectivity index (χ4v) is 7.64. The zero-order valence-corrected chi connectivity index (χ0v) is 26.6. The van der Waals surface area contributed by atoms with E-state index >= 15 is 0 Å². The van der Waals surface area contributed by atoms with Gasteiger partial charge >= 0.3 is 0 Å². The Morgan fingerprint density at radius 3 is 2.78 bits per heavy atom. The Hall–Kier alpha value is -3.84. The second kappa shape index (κ2) is 14.7. The van der Waals surface area contributed by atoms with E-state index in [1.807, 2.05) is 24.3 Å². The van der Waals surface area contributed by atoms with Crippen molar-refractivity contribution in [3.05, 3.63) is 107 Å². The fourth-order valence-electron chi connectivity index (χ4n) is 6.55. The summed E-state index contributed by atoms with van der Waals surface area (Å²) < 4.78 is 34.7. The third kappa shape index (κ3) is 7.75. The largest absolute Gasteiger partial charge is 0.379 e. The number of rotatable bonds is 13. The first kappa shape index (κ1) is 32.1. The van der Waals surface area contributed by atoms with E-state index in [-0.39, 0.29) is 10.9 Å². The molecule has 3 aromatic carbocycles. The van der Waals surface area contributed by atoms with Crippen molar-refractivity contribution < 1.29 is 23.2 Å². The van der Waals surface area contributed by atoms with Crippen molar-refractivity contribution in [1.82, 2.24) is 25.0 Å². The van der Waals surface area contributed by atoms with E-state index in [4.69, 9.17) is 9.94 Å². The summed E-state index contributed by atoms with van der Waals surface area (Å²) in [5.41, 5.74) is 8.31. The number of hydrogen-bond acceptors (Lipinski definition) is 7. The van der Waals surface area contributed by atoms with Crippen molar-refractivity contribution in [2.24, 2.45) is 0 Å². The number of amides is 1. The number of aromatic nitrogens is 1. The first-order valence-electron chi connectivity index (χ1n) is 15.8. The minimum absolute atomic E-state index is 0.158. The number of morpholine rings is 1. The number of benzene rings is 3. The van der Waals surface area contributed by atoms with E-state index in [1.54, 1.807) is 23.7 Å². The maximum Gasteiger partial charge on any atom is 0.267 e. The van der Waals surface area contributed by atoms with Gasteiger partial charge in [0.05, 0.1) is 18.1 Å². The number of hydroxylamine groups is 1. The molecule has 1 fully saturated rings. The van der Waals surface area contributed by atoms with Crippen molar-refractivity contribution in [2.45, 2.75) is 36.7 Å². The highest BCUT2D eigenvalue weighted by Gasteiger charge is 2.28. The predicted octanol–water partition coefficient (Wildman–Crippen LogP) is 4.03. The van der Waals surface area contributed by atoms with Crippen molar-refractivity contribution in [1.29, 1.82) is 0 Å². The van der Waals surface area contributed by atoms with E-state index in [2.05, 4.69) is 56.0 Å². The summed E-state index contributed by atoms with van der Waals surface area (Å²) in [7, 11) is -3.66. The molecule has 2 heterocycles. The van der Waals surface area contributed by atoms with Gasteiger partial charge in [0.2, 0.25) is 10.0 Å². The Morgan fingerprint density at radius 1 is 1.09 bits per heavy atom. The lowest BCUT2D eigenvalue weighted by atomic mass is 10.0. The van der Waals surface area contributed by atoms with Crippen molar-refractivity contribution in [2.75, 3.05) is 45.9 Å². The van der Waals surface area contributed by atoms with E-state index in [9.17, 15) is 13.2 Å². The molecule has 0 spiro atoms. The van der Waals surface area contributed by atoms with Gasteiger partial charge in [0.1, 0.15) is 0 Å². The number of carbonyl (C=O) groups excluding carboxylic acids is 1. The molecule has 4 N–H and O–H groups in total. The summed E-state index contributed by atoms with van der Waals surface area (Å²) >= 11 is 0. The van der Waals surface area contributed by atoms with Crippen LogP contribution in [-0.4, -0.2) is 80.3 Å². The van der Waals surface area contributed by atoms with E-state index in [0.717, 1.165) is 55.5 Å². The van der Waals surface area contributed by atoms with Gasteiger partial charge in [0.25, 0.3) is 5.91 Å². The third-order valence-corrected chi connectivity index (χ3v) is 10.4. The van der Waals surface area contributed by atoms with Crippen LogP contribution in [-0.2, 0) is 38.9 Å². The van der Waals surface area contributed by atoms with Gasteiger partial charge in [-0.3, -0.25) is 19.8 Å². The van der Waals surface area contributed by atoms with Gasteiger partial charge in [-0.05, 0) is 71.4 Å². The zero-order valence-electron chi connectivity index (χ0n) is 25.8. The van der Waals surface area contributed by atoms with E-state index < -0.39 is 15.9 Å². The summed E-state index contributed by atoms with van der Waals surface area (Å²) in [6.45, 7) is 5.38. The van der Waals surface area contributed by atoms with Gasteiger partial charge in [-0.25, -0.2) is 18.6 Å². The van der Waals surface area contributed by atoms with Gasteiger partial charge in [0, 0.05) is 68.5 Å². The highest BCUT2D eigenvalue weighted by atomic mass is 32.2. The molecule has 242 valence electrons. The zero-order chi connectivity index (χ0) is 31.9. The molecule has 1 aromatic heterocycles. The minimum Gasteiger partial charge on any atom is -0.379 e. The third-order valence-electron chi connectivity index (χ3n) is 8.95. The Balaban J connectivity index is 1.21. The second-order valence-electron chi connectivity index (χ2n) is 11.9. The molecule has 1 amide bonds. The van der Waals surface area contributed by atoms with Crippen LogP contribution in [0.15, 0.2) is 83.9 Å². The van der Waals surface area contributed by atoms with Gasteiger partial charge in [0.15, 0.2) is 0 Å². The normalized spacial score (nSPS) is 17.2. The lowest BCUT2D eigenvalue weighted by molar-refractivity contribution is -0.124. The van der Waals surface area contributed by atoms with Gasteiger partial charge < -0.3 is 9.72 Å².